The summed E-state index contributed by atoms with van der Waals surface area (Å²) < 4.78 is 40.3. The SMILES string of the molecule is CC(C)Cc1nnc(SCc2ccc(C(=O)Nc3ccc(C(F)(F)F)cc3)cc2)n1Cc1ccccc1. The van der Waals surface area contributed by atoms with Crippen LogP contribution in [0.2, 0.25) is 0 Å². The van der Waals surface area contributed by atoms with Crippen LogP contribution in [0.4, 0.5) is 18.9 Å². The molecule has 1 aromatic heterocycles. The summed E-state index contributed by atoms with van der Waals surface area (Å²) in [5.74, 6) is 1.67. The summed E-state index contributed by atoms with van der Waals surface area (Å²) >= 11 is 1.58. The van der Waals surface area contributed by atoms with Crippen LogP contribution in [-0.2, 0) is 24.9 Å². The molecule has 0 unspecified atom stereocenters. The zero-order valence-corrected chi connectivity index (χ0v) is 21.3. The van der Waals surface area contributed by atoms with E-state index in [-0.39, 0.29) is 5.91 Å². The number of nitrogens with one attached hydrogen (secondary N) is 1. The highest BCUT2D eigenvalue weighted by Crippen LogP contribution is 2.30. The number of thioether (sulfide) groups is 1. The Morgan fingerprint density at radius 2 is 1.59 bits per heavy atom. The lowest BCUT2D eigenvalue weighted by Gasteiger charge is -2.12. The van der Waals surface area contributed by atoms with Crippen LogP contribution in [-0.4, -0.2) is 20.7 Å². The normalized spacial score (nSPS) is 11.6. The molecule has 0 atom stereocenters. The molecule has 0 radical (unpaired) electrons. The molecular formula is C28H27F3N4OS. The van der Waals surface area contributed by atoms with Gasteiger partial charge >= 0.3 is 6.18 Å². The second-order valence-corrected chi connectivity index (χ2v) is 10.0. The number of halogens is 3. The van der Waals surface area contributed by atoms with Crippen molar-refractivity contribution in [1.29, 1.82) is 0 Å². The number of hydrogen-bond acceptors (Lipinski definition) is 4. The Morgan fingerprint density at radius 1 is 0.919 bits per heavy atom. The summed E-state index contributed by atoms with van der Waals surface area (Å²) in [4.78, 5) is 12.5. The number of hydrogen-bond donors (Lipinski definition) is 1. The molecule has 5 nitrogen and oxygen atoms in total. The van der Waals surface area contributed by atoms with Crippen LogP contribution in [0, 0.1) is 5.92 Å². The minimum atomic E-state index is -4.42. The van der Waals surface area contributed by atoms with Crippen molar-refractivity contribution < 1.29 is 18.0 Å². The van der Waals surface area contributed by atoms with Crippen LogP contribution in [0.25, 0.3) is 0 Å². The number of alkyl halides is 3. The summed E-state index contributed by atoms with van der Waals surface area (Å²) in [5, 5.41) is 12.3. The molecule has 0 aliphatic carbocycles. The first kappa shape index (κ1) is 26.5. The lowest BCUT2D eigenvalue weighted by Crippen LogP contribution is -2.12. The van der Waals surface area contributed by atoms with Gasteiger partial charge in [0.2, 0.25) is 0 Å². The van der Waals surface area contributed by atoms with Crippen LogP contribution in [0.3, 0.4) is 0 Å². The Bertz CT molecular complexity index is 1320. The fourth-order valence-electron chi connectivity index (χ4n) is 3.71. The molecule has 9 heteroatoms. The van der Waals surface area contributed by atoms with Crippen molar-refractivity contribution in [3.63, 3.8) is 0 Å². The minimum Gasteiger partial charge on any atom is -0.322 e. The van der Waals surface area contributed by atoms with E-state index in [0.717, 1.165) is 35.1 Å². The van der Waals surface area contributed by atoms with Gasteiger partial charge in [0.25, 0.3) is 5.91 Å². The van der Waals surface area contributed by atoms with Gasteiger partial charge < -0.3 is 9.88 Å². The molecule has 0 bridgehead atoms. The molecule has 0 saturated heterocycles. The predicted octanol–water partition coefficient (Wildman–Crippen LogP) is 7.09. The number of carbonyl (C=O) groups excluding carboxylic acids is 1. The number of benzene rings is 3. The van der Waals surface area contributed by atoms with E-state index in [0.29, 0.717) is 29.5 Å². The van der Waals surface area contributed by atoms with Crippen molar-refractivity contribution in [3.05, 3.63) is 107 Å². The lowest BCUT2D eigenvalue weighted by atomic mass is 10.1. The smallest absolute Gasteiger partial charge is 0.322 e. The Labute approximate surface area is 218 Å². The van der Waals surface area contributed by atoms with E-state index in [2.05, 4.69) is 46.1 Å². The van der Waals surface area contributed by atoms with Gasteiger partial charge in [-0.15, -0.1) is 10.2 Å². The van der Waals surface area contributed by atoms with Gasteiger partial charge in [-0.1, -0.05) is 68.1 Å². The average molecular weight is 525 g/mol. The molecular weight excluding hydrogens is 497 g/mol. The maximum atomic E-state index is 12.7. The van der Waals surface area contributed by atoms with Gasteiger partial charge in [-0.05, 0) is 53.4 Å². The Hall–Kier alpha value is -3.59. The molecule has 0 spiro atoms. The van der Waals surface area contributed by atoms with Crippen molar-refractivity contribution in [2.75, 3.05) is 5.32 Å². The fourth-order valence-corrected chi connectivity index (χ4v) is 4.63. The van der Waals surface area contributed by atoms with E-state index in [1.165, 1.54) is 17.7 Å². The van der Waals surface area contributed by atoms with E-state index >= 15 is 0 Å². The summed E-state index contributed by atoms with van der Waals surface area (Å²) in [6, 6.07) is 21.7. The third-order valence-corrected chi connectivity index (χ3v) is 6.66. The summed E-state index contributed by atoms with van der Waals surface area (Å²) in [5.41, 5.74) is 2.14. The van der Waals surface area contributed by atoms with E-state index in [4.69, 9.17) is 0 Å². The molecule has 4 aromatic rings. The van der Waals surface area contributed by atoms with Gasteiger partial charge in [-0.2, -0.15) is 13.2 Å². The molecule has 0 saturated carbocycles. The van der Waals surface area contributed by atoms with Gasteiger partial charge in [-0.3, -0.25) is 4.79 Å². The van der Waals surface area contributed by atoms with Crippen molar-refractivity contribution in [1.82, 2.24) is 14.8 Å². The zero-order chi connectivity index (χ0) is 26.4. The number of nitrogens with zero attached hydrogens (tertiary/aromatic N) is 3. The highest BCUT2D eigenvalue weighted by atomic mass is 32.2. The number of rotatable bonds is 9. The maximum Gasteiger partial charge on any atom is 0.416 e. The van der Waals surface area contributed by atoms with Gasteiger partial charge in [0.05, 0.1) is 12.1 Å². The first-order valence-electron chi connectivity index (χ1n) is 11.9. The number of anilines is 1. The second kappa shape index (κ2) is 11.6. The second-order valence-electron chi connectivity index (χ2n) is 9.08. The summed E-state index contributed by atoms with van der Waals surface area (Å²) in [6.07, 6.45) is -3.58. The minimum absolute atomic E-state index is 0.299. The largest absolute Gasteiger partial charge is 0.416 e. The van der Waals surface area contributed by atoms with Crippen molar-refractivity contribution in [2.45, 2.75) is 43.9 Å². The molecule has 37 heavy (non-hydrogen) atoms. The number of carbonyl (C=O) groups is 1. The van der Waals surface area contributed by atoms with Gasteiger partial charge in [0.1, 0.15) is 5.82 Å². The third-order valence-electron chi connectivity index (χ3n) is 5.62. The highest BCUT2D eigenvalue weighted by Gasteiger charge is 2.30. The van der Waals surface area contributed by atoms with E-state index in [1.807, 2.05) is 30.3 Å². The molecule has 1 N–H and O–H groups in total. The van der Waals surface area contributed by atoms with Crippen LogP contribution in [0.1, 0.15) is 46.7 Å². The van der Waals surface area contributed by atoms with Gasteiger partial charge in [0, 0.05) is 23.4 Å². The first-order chi connectivity index (χ1) is 17.7. The van der Waals surface area contributed by atoms with Crippen LogP contribution in [0.5, 0.6) is 0 Å². The van der Waals surface area contributed by atoms with Gasteiger partial charge in [0.15, 0.2) is 5.16 Å². The molecule has 192 valence electrons. The highest BCUT2D eigenvalue weighted by molar-refractivity contribution is 7.98. The Morgan fingerprint density at radius 3 is 2.22 bits per heavy atom. The van der Waals surface area contributed by atoms with Crippen LogP contribution >= 0.6 is 11.8 Å². The monoisotopic (exact) mass is 524 g/mol. The molecule has 0 aliphatic heterocycles. The Kier molecular flexibility index (Phi) is 8.33. The third kappa shape index (κ3) is 7.22. The topological polar surface area (TPSA) is 59.8 Å². The van der Waals surface area contributed by atoms with Crippen molar-refractivity contribution in [3.8, 4) is 0 Å². The van der Waals surface area contributed by atoms with E-state index in [9.17, 15) is 18.0 Å². The lowest BCUT2D eigenvalue weighted by molar-refractivity contribution is -0.137. The Balaban J connectivity index is 1.40. The number of amides is 1. The standard InChI is InChI=1S/C28H27F3N4OS/c1-19(2)16-25-33-34-27(35(25)17-20-6-4-3-5-7-20)37-18-21-8-10-22(11-9-21)26(36)32-24-14-12-23(13-15-24)28(29,30)31/h3-15,19H,16-18H2,1-2H3,(H,32,36). The van der Waals surface area contributed by atoms with E-state index in [1.54, 1.807) is 23.9 Å². The molecule has 0 fully saturated rings. The van der Waals surface area contributed by atoms with Gasteiger partial charge in [-0.25, -0.2) is 0 Å². The first-order valence-corrected chi connectivity index (χ1v) is 12.8. The van der Waals surface area contributed by atoms with E-state index < -0.39 is 11.7 Å². The predicted molar refractivity (Wildman–Crippen MR) is 140 cm³/mol. The van der Waals surface area contributed by atoms with Crippen LogP contribution < -0.4 is 5.32 Å². The molecule has 1 amide bonds. The molecule has 3 aromatic carbocycles. The fraction of sp³-hybridized carbons (Fsp3) is 0.250. The molecule has 1 heterocycles. The van der Waals surface area contributed by atoms with Crippen molar-refractivity contribution in [2.24, 2.45) is 5.92 Å². The summed E-state index contributed by atoms with van der Waals surface area (Å²) in [6.45, 7) is 5.01. The maximum absolute atomic E-state index is 12.7. The van der Waals surface area contributed by atoms with Crippen LogP contribution in [0.15, 0.2) is 84.0 Å². The van der Waals surface area contributed by atoms with Crippen molar-refractivity contribution >= 4 is 23.4 Å². The molecule has 4 rings (SSSR count). The average Bonchev–Trinajstić information content (AvgIpc) is 3.23. The molecule has 0 aliphatic rings. The quantitative estimate of drug-likeness (QED) is 0.238. The zero-order valence-electron chi connectivity index (χ0n) is 20.5. The number of aromatic nitrogens is 3. The summed E-state index contributed by atoms with van der Waals surface area (Å²) in [7, 11) is 0.